The third-order valence-corrected chi connectivity index (χ3v) is 9.29. The molecule has 0 saturated heterocycles. The van der Waals surface area contributed by atoms with Crippen molar-refractivity contribution < 1.29 is 18.8 Å². The van der Waals surface area contributed by atoms with Gasteiger partial charge in [0.25, 0.3) is 5.91 Å². The lowest BCUT2D eigenvalue weighted by atomic mass is 10.1. The minimum absolute atomic E-state index is 0.166. The molecule has 14 nitrogen and oxygen atoms in total. The highest BCUT2D eigenvalue weighted by atomic mass is 19.1. The van der Waals surface area contributed by atoms with Crippen LogP contribution >= 0.6 is 0 Å². The highest BCUT2D eigenvalue weighted by Crippen LogP contribution is 2.35. The maximum absolute atomic E-state index is 16.7. The number of primary amides is 2. The normalized spacial score (nSPS) is 11.8. The lowest BCUT2D eigenvalue weighted by Gasteiger charge is -2.11. The molecule has 5 heterocycles. The van der Waals surface area contributed by atoms with Crippen LogP contribution in [0.25, 0.3) is 44.2 Å². The number of amides is 3. The van der Waals surface area contributed by atoms with Gasteiger partial charge in [0.15, 0.2) is 5.82 Å². The van der Waals surface area contributed by atoms with Crippen LogP contribution in [0, 0.1) is 26.6 Å². The zero-order valence-corrected chi connectivity index (χ0v) is 29.9. The van der Waals surface area contributed by atoms with Crippen molar-refractivity contribution in [3.8, 4) is 11.4 Å². The molecule has 7 rings (SSSR count). The molecule has 53 heavy (non-hydrogen) atoms. The number of nitrogens with zero attached hydrogens (tertiary/aromatic N) is 8. The van der Waals surface area contributed by atoms with Crippen LogP contribution in [0.1, 0.15) is 62.0 Å². The van der Waals surface area contributed by atoms with Crippen LogP contribution < -0.4 is 16.8 Å². The number of pyridine rings is 1. The number of aryl methyl sites for hydroxylation is 5. The number of allylic oxidation sites excluding steroid dienone is 2. The Morgan fingerprint density at radius 2 is 1.49 bits per heavy atom. The Bertz CT molecular complexity index is 2660. The molecule has 7 aromatic rings. The van der Waals surface area contributed by atoms with Gasteiger partial charge in [0, 0.05) is 59.8 Å². The van der Waals surface area contributed by atoms with Crippen molar-refractivity contribution in [2.45, 2.75) is 60.8 Å². The van der Waals surface area contributed by atoms with Crippen molar-refractivity contribution in [2.75, 3.05) is 5.32 Å². The summed E-state index contributed by atoms with van der Waals surface area (Å²) in [6, 6.07) is 11.8. The molecule has 2 aromatic carbocycles. The maximum Gasteiger partial charge on any atom is 0.276 e. The van der Waals surface area contributed by atoms with E-state index in [-0.39, 0.29) is 30.6 Å². The second kappa shape index (κ2) is 13.5. The summed E-state index contributed by atoms with van der Waals surface area (Å²) in [5, 5.41) is 13.0. The van der Waals surface area contributed by atoms with E-state index in [1.165, 1.54) is 0 Å². The minimum atomic E-state index is -0.594. The second-order valence-corrected chi connectivity index (χ2v) is 12.9. The topological polar surface area (TPSA) is 187 Å². The van der Waals surface area contributed by atoms with Gasteiger partial charge < -0.3 is 20.6 Å². The summed E-state index contributed by atoms with van der Waals surface area (Å²) in [6.07, 6.45) is 5.40. The van der Waals surface area contributed by atoms with Crippen molar-refractivity contribution in [2.24, 2.45) is 11.5 Å². The number of hydrogen-bond acceptors (Lipinski definition) is 7. The zero-order chi connectivity index (χ0) is 37.7. The van der Waals surface area contributed by atoms with E-state index in [1.54, 1.807) is 58.0 Å². The second-order valence-electron chi connectivity index (χ2n) is 12.9. The van der Waals surface area contributed by atoms with Crippen LogP contribution in [0.5, 0.6) is 0 Å². The van der Waals surface area contributed by atoms with Gasteiger partial charge >= 0.3 is 0 Å². The van der Waals surface area contributed by atoms with Crippen molar-refractivity contribution in [1.29, 1.82) is 0 Å². The quantitative estimate of drug-likeness (QED) is 0.149. The summed E-state index contributed by atoms with van der Waals surface area (Å²) in [6.45, 7) is 10.9. The predicted octanol–water partition coefficient (Wildman–Crippen LogP) is 5.41. The van der Waals surface area contributed by atoms with Gasteiger partial charge in [-0.25, -0.2) is 9.37 Å². The van der Waals surface area contributed by atoms with Gasteiger partial charge in [0.2, 0.25) is 17.8 Å². The minimum Gasteiger partial charge on any atom is -0.366 e. The summed E-state index contributed by atoms with van der Waals surface area (Å²) in [7, 11) is 0. The van der Waals surface area contributed by atoms with Gasteiger partial charge in [-0.3, -0.25) is 34.0 Å². The van der Waals surface area contributed by atoms with E-state index in [4.69, 9.17) is 16.5 Å². The molecular weight excluding hydrogens is 677 g/mol. The fraction of sp³-hybridized carbons (Fsp3) is 0.237. The van der Waals surface area contributed by atoms with Gasteiger partial charge in [-0.05, 0) is 82.6 Å². The van der Waals surface area contributed by atoms with E-state index in [0.29, 0.717) is 74.1 Å². The molecule has 0 spiro atoms. The Kier molecular flexibility index (Phi) is 8.85. The van der Waals surface area contributed by atoms with E-state index in [2.05, 4.69) is 20.5 Å². The average Bonchev–Trinajstić information content (AvgIpc) is 3.88. The maximum atomic E-state index is 16.7. The van der Waals surface area contributed by atoms with Crippen LogP contribution in [-0.4, -0.2) is 56.4 Å². The number of halogens is 1. The molecule has 0 saturated carbocycles. The first-order chi connectivity index (χ1) is 25.4. The third kappa shape index (κ3) is 6.09. The fourth-order valence-corrected chi connectivity index (χ4v) is 6.93. The largest absolute Gasteiger partial charge is 0.366 e. The first kappa shape index (κ1) is 34.8. The monoisotopic (exact) mass is 715 g/mol. The lowest BCUT2D eigenvalue weighted by Crippen LogP contribution is -2.20. The molecule has 0 aliphatic heterocycles. The van der Waals surface area contributed by atoms with E-state index in [0.717, 1.165) is 11.3 Å². The molecule has 5 N–H and O–H groups in total. The number of hydrogen-bond donors (Lipinski definition) is 3. The molecule has 0 bridgehead atoms. The standard InChI is InChI=1S/C38H38FN11O3/c1-6-49-29(15-21(4)45-49)32-31(39)34-26(19-42-32)25-17-23(35(40)51)10-11-28(25)47(34)12-8-9-13-48-33-20(3)14-24(36(41)52)18-27(33)43-38(48)44-37(53)30-16-22(5)46-50(30)7-2/h8-11,14-19H,6-7,12-13H2,1-5H3,(H2,40,51)(H2,41,52)(H,43,44,53)/b9-8+. The molecular formula is C38H38FN11O3. The Hall–Kier alpha value is -6.64. The van der Waals surface area contributed by atoms with E-state index in [9.17, 15) is 14.4 Å². The molecule has 270 valence electrons. The Balaban J connectivity index is 1.30. The lowest BCUT2D eigenvalue weighted by molar-refractivity contribution is 0.0992. The Morgan fingerprint density at radius 3 is 2.19 bits per heavy atom. The van der Waals surface area contributed by atoms with Gasteiger partial charge in [0.05, 0.1) is 33.6 Å². The van der Waals surface area contributed by atoms with Gasteiger partial charge in [-0.2, -0.15) is 10.2 Å². The number of nitrogens with two attached hydrogens (primary N) is 2. The van der Waals surface area contributed by atoms with E-state index in [1.807, 2.05) is 55.9 Å². The number of fused-ring (bicyclic) bond motifs is 4. The Morgan fingerprint density at radius 1 is 0.811 bits per heavy atom. The zero-order valence-electron chi connectivity index (χ0n) is 29.9. The van der Waals surface area contributed by atoms with Crippen LogP contribution in [0.3, 0.4) is 0 Å². The summed E-state index contributed by atoms with van der Waals surface area (Å²) < 4.78 is 23.7. The average molecular weight is 716 g/mol. The highest BCUT2D eigenvalue weighted by Gasteiger charge is 2.23. The first-order valence-corrected chi connectivity index (χ1v) is 17.2. The summed E-state index contributed by atoms with van der Waals surface area (Å²) in [5.74, 6) is -1.83. The van der Waals surface area contributed by atoms with Gasteiger partial charge in [0.1, 0.15) is 11.4 Å². The molecule has 0 fully saturated rings. The number of rotatable bonds is 11. The van der Waals surface area contributed by atoms with E-state index < -0.39 is 17.6 Å². The van der Waals surface area contributed by atoms with Gasteiger partial charge in [-0.1, -0.05) is 12.2 Å². The number of imidazole rings is 1. The number of nitrogens with one attached hydrogen (secondary N) is 1. The van der Waals surface area contributed by atoms with Crippen molar-refractivity contribution >= 4 is 56.5 Å². The fourth-order valence-electron chi connectivity index (χ4n) is 6.93. The highest BCUT2D eigenvalue weighted by molar-refractivity contribution is 6.11. The number of aromatic nitrogens is 8. The summed E-state index contributed by atoms with van der Waals surface area (Å²) in [4.78, 5) is 46.9. The Labute approximate surface area is 302 Å². The first-order valence-electron chi connectivity index (χ1n) is 17.2. The molecule has 0 aliphatic rings. The van der Waals surface area contributed by atoms with Crippen molar-refractivity contribution in [1.82, 2.24) is 38.7 Å². The van der Waals surface area contributed by atoms with Crippen molar-refractivity contribution in [3.63, 3.8) is 0 Å². The molecule has 0 aliphatic carbocycles. The molecule has 3 amide bonds. The summed E-state index contributed by atoms with van der Waals surface area (Å²) in [5.41, 5.74) is 17.3. The molecule has 5 aromatic heterocycles. The third-order valence-electron chi connectivity index (χ3n) is 9.29. The molecule has 0 radical (unpaired) electrons. The molecule has 0 unspecified atom stereocenters. The smallest absolute Gasteiger partial charge is 0.276 e. The molecule has 0 atom stereocenters. The van der Waals surface area contributed by atoms with Gasteiger partial charge in [-0.15, -0.1) is 0 Å². The number of anilines is 1. The van der Waals surface area contributed by atoms with Crippen LogP contribution in [0.15, 0.2) is 60.8 Å². The number of benzene rings is 2. The van der Waals surface area contributed by atoms with Crippen LogP contribution in [-0.2, 0) is 26.2 Å². The van der Waals surface area contributed by atoms with Crippen LogP contribution in [0.4, 0.5) is 10.3 Å². The summed E-state index contributed by atoms with van der Waals surface area (Å²) >= 11 is 0. The SMILES string of the molecule is CCn1nc(C)cc1C(=O)Nc1nc2cc(C(N)=O)cc(C)c2n1C/C=C/Cn1c2ccc(C(N)=O)cc2c2cnc(-c3cc(C)nn3CC)c(F)c21. The van der Waals surface area contributed by atoms with Crippen molar-refractivity contribution in [3.05, 3.63) is 100 Å². The van der Waals surface area contributed by atoms with E-state index >= 15 is 4.39 Å². The predicted molar refractivity (Wildman–Crippen MR) is 200 cm³/mol. The van der Waals surface area contributed by atoms with Crippen LogP contribution in [0.2, 0.25) is 0 Å². The number of carbonyl (C=O) groups is 3. The molecule has 15 heteroatoms. The number of carbonyl (C=O) groups excluding carboxylic acids is 3.